The van der Waals surface area contributed by atoms with Crippen molar-refractivity contribution in [2.45, 2.75) is 12.5 Å². The van der Waals surface area contributed by atoms with Gasteiger partial charge in [-0.05, 0) is 47.9 Å². The minimum absolute atomic E-state index is 0.0731. The van der Waals surface area contributed by atoms with Gasteiger partial charge in [0.15, 0.2) is 0 Å². The van der Waals surface area contributed by atoms with Gasteiger partial charge in [-0.1, -0.05) is 42.5 Å². The van der Waals surface area contributed by atoms with E-state index in [0.29, 0.717) is 5.56 Å². The summed E-state index contributed by atoms with van der Waals surface area (Å²) in [6.45, 7) is 0.940. The third-order valence-corrected chi connectivity index (χ3v) is 5.80. The molecule has 1 aromatic heterocycles. The van der Waals surface area contributed by atoms with E-state index < -0.39 is 0 Å². The zero-order chi connectivity index (χ0) is 19.8. The molecule has 0 amide bonds. The number of aromatic nitrogens is 1. The first-order valence-corrected chi connectivity index (χ1v) is 9.85. The summed E-state index contributed by atoms with van der Waals surface area (Å²) in [6, 6.07) is 25.0. The van der Waals surface area contributed by atoms with Crippen LogP contribution in [0.3, 0.4) is 0 Å². The van der Waals surface area contributed by atoms with E-state index in [4.69, 9.17) is 4.74 Å². The van der Waals surface area contributed by atoms with Gasteiger partial charge in [0.25, 0.3) is 0 Å². The number of nitrogens with one attached hydrogen (secondary N) is 1. The molecule has 4 heteroatoms. The Morgan fingerprint density at radius 1 is 1.00 bits per heavy atom. The van der Waals surface area contributed by atoms with Gasteiger partial charge < -0.3 is 14.6 Å². The number of aromatic amines is 1. The highest BCUT2D eigenvalue weighted by Crippen LogP contribution is 2.40. The molecule has 1 aliphatic rings. The summed E-state index contributed by atoms with van der Waals surface area (Å²) in [5.74, 6) is -0.317. The molecule has 1 aliphatic heterocycles. The van der Waals surface area contributed by atoms with Crippen LogP contribution in [0, 0.1) is 0 Å². The van der Waals surface area contributed by atoms with E-state index in [-0.39, 0.29) is 12.0 Å². The highest BCUT2D eigenvalue weighted by Gasteiger charge is 2.30. The maximum absolute atomic E-state index is 12.1. The van der Waals surface area contributed by atoms with Gasteiger partial charge in [-0.2, -0.15) is 0 Å². The Balaban J connectivity index is 1.71. The average molecular weight is 382 g/mol. The maximum Gasteiger partial charge on any atom is 0.337 e. The number of benzene rings is 3. The molecule has 3 aromatic carbocycles. The first-order valence-electron chi connectivity index (χ1n) is 9.85. The van der Waals surface area contributed by atoms with Crippen LogP contribution in [0.4, 0.5) is 5.69 Å². The Labute approximate surface area is 169 Å². The molecule has 0 aliphatic carbocycles. The second kappa shape index (κ2) is 7.13. The van der Waals surface area contributed by atoms with E-state index in [1.807, 2.05) is 18.2 Å². The van der Waals surface area contributed by atoms with Crippen molar-refractivity contribution in [1.82, 2.24) is 4.98 Å². The Morgan fingerprint density at radius 3 is 2.62 bits per heavy atom. The fourth-order valence-corrected chi connectivity index (χ4v) is 4.41. The van der Waals surface area contributed by atoms with Gasteiger partial charge >= 0.3 is 5.97 Å². The van der Waals surface area contributed by atoms with Gasteiger partial charge in [-0.15, -0.1) is 0 Å². The van der Waals surface area contributed by atoms with Gasteiger partial charge in [-0.3, -0.25) is 0 Å². The zero-order valence-electron chi connectivity index (χ0n) is 16.3. The molecule has 2 heterocycles. The topological polar surface area (TPSA) is 45.3 Å². The molecule has 4 aromatic rings. The molecule has 1 unspecified atom stereocenters. The second-order valence-corrected chi connectivity index (χ2v) is 7.38. The number of methoxy groups -OCH3 is 1. The average Bonchev–Trinajstić information content (AvgIpc) is 3.21. The van der Waals surface area contributed by atoms with Crippen molar-refractivity contribution in [1.29, 1.82) is 0 Å². The smallest absolute Gasteiger partial charge is 0.337 e. The van der Waals surface area contributed by atoms with E-state index >= 15 is 0 Å². The van der Waals surface area contributed by atoms with Crippen LogP contribution >= 0.6 is 0 Å². The van der Waals surface area contributed by atoms with Crippen LogP contribution in [0.15, 0.2) is 79.0 Å². The standard InChI is InChI=1S/C25H22N2O2/c1-29-25(28)18-11-12-23-21(15-18)22(16-26-23)24-20-10-6-5-7-17(20)13-14-27(24)19-8-3-2-4-9-19/h2-12,15-16,24,26H,13-14H2,1H3. The highest BCUT2D eigenvalue weighted by atomic mass is 16.5. The Kier molecular flexibility index (Phi) is 4.32. The van der Waals surface area contributed by atoms with Crippen LogP contribution in [-0.2, 0) is 11.2 Å². The van der Waals surface area contributed by atoms with E-state index in [2.05, 4.69) is 64.6 Å². The van der Waals surface area contributed by atoms with Gasteiger partial charge in [-0.25, -0.2) is 4.79 Å². The number of hydrogen-bond donors (Lipinski definition) is 1. The first-order chi connectivity index (χ1) is 14.3. The molecule has 4 nitrogen and oxygen atoms in total. The monoisotopic (exact) mass is 382 g/mol. The number of fused-ring (bicyclic) bond motifs is 2. The van der Waals surface area contributed by atoms with Crippen LogP contribution in [0.2, 0.25) is 0 Å². The number of para-hydroxylation sites is 1. The molecule has 5 rings (SSSR count). The Morgan fingerprint density at radius 2 is 1.79 bits per heavy atom. The van der Waals surface area contributed by atoms with Crippen molar-refractivity contribution in [3.63, 3.8) is 0 Å². The van der Waals surface area contributed by atoms with Crippen molar-refractivity contribution in [3.8, 4) is 0 Å². The molecule has 1 N–H and O–H groups in total. The van der Waals surface area contributed by atoms with E-state index in [9.17, 15) is 4.79 Å². The lowest BCUT2D eigenvalue weighted by Gasteiger charge is -2.39. The minimum Gasteiger partial charge on any atom is -0.465 e. The van der Waals surface area contributed by atoms with Crippen molar-refractivity contribution >= 4 is 22.6 Å². The molecule has 0 radical (unpaired) electrons. The van der Waals surface area contributed by atoms with Crippen LogP contribution in [0.1, 0.15) is 33.1 Å². The molecule has 0 saturated heterocycles. The molecule has 29 heavy (non-hydrogen) atoms. The summed E-state index contributed by atoms with van der Waals surface area (Å²) < 4.78 is 4.93. The molecule has 0 spiro atoms. The minimum atomic E-state index is -0.317. The fraction of sp³-hybridized carbons (Fsp3) is 0.160. The summed E-state index contributed by atoms with van der Waals surface area (Å²) in [4.78, 5) is 18.0. The summed E-state index contributed by atoms with van der Waals surface area (Å²) in [5, 5.41) is 1.05. The molecule has 0 fully saturated rings. The number of rotatable bonds is 3. The van der Waals surface area contributed by atoms with Crippen LogP contribution in [0.25, 0.3) is 10.9 Å². The number of esters is 1. The van der Waals surface area contributed by atoms with Crippen molar-refractivity contribution in [2.75, 3.05) is 18.6 Å². The molecular weight excluding hydrogens is 360 g/mol. The molecular formula is C25H22N2O2. The van der Waals surface area contributed by atoms with Crippen LogP contribution in [-0.4, -0.2) is 24.6 Å². The number of hydrogen-bond acceptors (Lipinski definition) is 3. The SMILES string of the molecule is COC(=O)c1ccc2[nH]cc(C3c4ccccc4CCN3c3ccccc3)c2c1. The van der Waals surface area contributed by atoms with E-state index in [1.165, 1.54) is 29.5 Å². The zero-order valence-corrected chi connectivity index (χ0v) is 16.3. The van der Waals surface area contributed by atoms with Gasteiger partial charge in [0.2, 0.25) is 0 Å². The summed E-state index contributed by atoms with van der Waals surface area (Å²) >= 11 is 0. The Hall–Kier alpha value is -3.53. The maximum atomic E-state index is 12.1. The molecule has 1 atom stereocenters. The third-order valence-electron chi connectivity index (χ3n) is 5.80. The number of anilines is 1. The van der Waals surface area contributed by atoms with Crippen molar-refractivity contribution < 1.29 is 9.53 Å². The normalized spacial score (nSPS) is 15.9. The highest BCUT2D eigenvalue weighted by molar-refractivity contribution is 5.96. The van der Waals surface area contributed by atoms with Crippen LogP contribution in [0.5, 0.6) is 0 Å². The predicted octanol–water partition coefficient (Wildman–Crippen LogP) is 5.11. The van der Waals surface area contributed by atoms with Gasteiger partial charge in [0.1, 0.15) is 0 Å². The molecule has 0 saturated carbocycles. The van der Waals surface area contributed by atoms with Crippen molar-refractivity contribution in [3.05, 3.63) is 101 Å². The molecule has 144 valence electrons. The Bertz CT molecular complexity index is 1180. The van der Waals surface area contributed by atoms with E-state index in [0.717, 1.165) is 23.9 Å². The van der Waals surface area contributed by atoms with Crippen LogP contribution < -0.4 is 4.90 Å². The summed E-state index contributed by atoms with van der Waals surface area (Å²) in [7, 11) is 1.42. The largest absolute Gasteiger partial charge is 0.465 e. The second-order valence-electron chi connectivity index (χ2n) is 7.38. The first kappa shape index (κ1) is 17.6. The fourth-order valence-electron chi connectivity index (χ4n) is 4.41. The van der Waals surface area contributed by atoms with Gasteiger partial charge in [0.05, 0.1) is 18.7 Å². The number of ether oxygens (including phenoxy) is 1. The van der Waals surface area contributed by atoms with Crippen molar-refractivity contribution in [2.24, 2.45) is 0 Å². The summed E-state index contributed by atoms with van der Waals surface area (Å²) in [6.07, 6.45) is 3.09. The third kappa shape index (κ3) is 2.97. The van der Waals surface area contributed by atoms with Gasteiger partial charge in [0, 0.05) is 34.9 Å². The lowest BCUT2D eigenvalue weighted by Crippen LogP contribution is -2.36. The number of nitrogens with zero attached hydrogens (tertiary/aromatic N) is 1. The van der Waals surface area contributed by atoms with E-state index in [1.54, 1.807) is 6.07 Å². The number of carbonyl (C=O) groups excluding carboxylic acids is 1. The molecule has 0 bridgehead atoms. The summed E-state index contributed by atoms with van der Waals surface area (Å²) in [5.41, 5.74) is 6.64. The predicted molar refractivity (Wildman–Crippen MR) is 115 cm³/mol. The quantitative estimate of drug-likeness (QED) is 0.501. The lowest BCUT2D eigenvalue weighted by molar-refractivity contribution is 0.0601. The number of carbonyl (C=O) groups is 1. The number of H-pyrrole nitrogens is 1. The lowest BCUT2D eigenvalue weighted by atomic mass is 9.87.